The van der Waals surface area contributed by atoms with Crippen molar-refractivity contribution < 1.29 is 9.53 Å². The topological polar surface area (TPSA) is 38.3 Å². The van der Waals surface area contributed by atoms with Crippen LogP contribution in [0.4, 0.5) is 0 Å². The fourth-order valence-corrected chi connectivity index (χ4v) is 1.50. The van der Waals surface area contributed by atoms with Crippen molar-refractivity contribution in [3.05, 3.63) is 0 Å². The summed E-state index contributed by atoms with van der Waals surface area (Å²) in [6.45, 7) is 9.74. The van der Waals surface area contributed by atoms with Crippen molar-refractivity contribution in [2.24, 2.45) is 0 Å². The highest BCUT2D eigenvalue weighted by molar-refractivity contribution is 5.69. The van der Waals surface area contributed by atoms with Crippen molar-refractivity contribution in [2.75, 3.05) is 13.2 Å². The van der Waals surface area contributed by atoms with Crippen molar-refractivity contribution in [3.63, 3.8) is 0 Å². The molecule has 0 aromatic heterocycles. The fraction of sp³-hybridized carbons (Fsp3) is 0.929. The number of esters is 1. The van der Waals surface area contributed by atoms with Crippen molar-refractivity contribution in [1.82, 2.24) is 5.32 Å². The van der Waals surface area contributed by atoms with E-state index in [1.165, 1.54) is 25.7 Å². The number of carbonyl (C=O) groups is 1. The molecule has 0 fully saturated rings. The summed E-state index contributed by atoms with van der Waals surface area (Å²) < 4.78 is 5.16. The molecular formula is C14H29NO2. The van der Waals surface area contributed by atoms with Gasteiger partial charge in [-0.3, -0.25) is 4.79 Å². The molecule has 0 unspecified atom stereocenters. The normalized spacial score (nSPS) is 11.5. The maximum atomic E-state index is 11.4. The molecule has 0 atom stereocenters. The van der Waals surface area contributed by atoms with Gasteiger partial charge in [0.05, 0.1) is 13.0 Å². The summed E-state index contributed by atoms with van der Waals surface area (Å²) in [4.78, 5) is 11.4. The van der Waals surface area contributed by atoms with E-state index >= 15 is 0 Å². The van der Waals surface area contributed by atoms with Gasteiger partial charge in [-0.15, -0.1) is 0 Å². The summed E-state index contributed by atoms with van der Waals surface area (Å²) in [6, 6.07) is 0. The van der Waals surface area contributed by atoms with Gasteiger partial charge in [0.1, 0.15) is 0 Å². The van der Waals surface area contributed by atoms with E-state index in [4.69, 9.17) is 4.74 Å². The third-order valence-electron chi connectivity index (χ3n) is 2.50. The van der Waals surface area contributed by atoms with Crippen LogP contribution in [0, 0.1) is 0 Å². The van der Waals surface area contributed by atoms with Gasteiger partial charge in [0, 0.05) is 12.1 Å². The molecule has 0 saturated carbocycles. The Morgan fingerprint density at radius 3 is 2.35 bits per heavy atom. The van der Waals surface area contributed by atoms with E-state index in [0.29, 0.717) is 19.6 Å². The van der Waals surface area contributed by atoms with Gasteiger partial charge in [0.25, 0.3) is 0 Å². The van der Waals surface area contributed by atoms with Crippen LogP contribution in [0.1, 0.15) is 66.2 Å². The fourth-order valence-electron chi connectivity index (χ4n) is 1.50. The van der Waals surface area contributed by atoms with Crippen molar-refractivity contribution in [2.45, 2.75) is 71.8 Å². The summed E-state index contributed by atoms with van der Waals surface area (Å²) in [6.07, 6.45) is 6.41. The van der Waals surface area contributed by atoms with Crippen LogP contribution in [0.3, 0.4) is 0 Å². The Morgan fingerprint density at radius 1 is 1.12 bits per heavy atom. The Bertz CT molecular complexity index is 197. The second kappa shape index (κ2) is 9.46. The van der Waals surface area contributed by atoms with Gasteiger partial charge >= 0.3 is 5.97 Å². The van der Waals surface area contributed by atoms with Gasteiger partial charge < -0.3 is 10.1 Å². The lowest BCUT2D eigenvalue weighted by molar-refractivity contribution is -0.143. The smallest absolute Gasteiger partial charge is 0.307 e. The van der Waals surface area contributed by atoms with Gasteiger partial charge in [0.2, 0.25) is 0 Å². The Balaban J connectivity index is 3.29. The molecule has 0 amide bonds. The minimum Gasteiger partial charge on any atom is -0.466 e. The summed E-state index contributed by atoms with van der Waals surface area (Å²) in [7, 11) is 0. The lowest BCUT2D eigenvalue weighted by Gasteiger charge is -2.19. The van der Waals surface area contributed by atoms with Crippen LogP contribution in [-0.4, -0.2) is 24.7 Å². The monoisotopic (exact) mass is 243 g/mol. The Kier molecular flexibility index (Phi) is 9.14. The Labute approximate surface area is 106 Å². The standard InChI is InChI=1S/C14H29NO2/c1-5-6-7-8-9-12-17-13(16)10-11-15-14(2,3)4/h15H,5-12H2,1-4H3. The van der Waals surface area contributed by atoms with Crippen molar-refractivity contribution >= 4 is 5.97 Å². The number of rotatable bonds is 9. The molecule has 3 heteroatoms. The van der Waals surface area contributed by atoms with Crippen LogP contribution in [0.2, 0.25) is 0 Å². The quantitative estimate of drug-likeness (QED) is 0.499. The predicted molar refractivity (Wildman–Crippen MR) is 72.1 cm³/mol. The molecule has 102 valence electrons. The van der Waals surface area contributed by atoms with E-state index in [1.807, 2.05) is 0 Å². The second-order valence-electron chi connectivity index (χ2n) is 5.56. The number of unbranched alkanes of at least 4 members (excludes halogenated alkanes) is 4. The molecule has 0 bridgehead atoms. The van der Waals surface area contributed by atoms with Crippen LogP contribution in [-0.2, 0) is 9.53 Å². The molecule has 0 saturated heterocycles. The number of carbonyl (C=O) groups excluding carboxylic acids is 1. The number of hydrogen-bond acceptors (Lipinski definition) is 3. The maximum absolute atomic E-state index is 11.4. The molecule has 1 N–H and O–H groups in total. The molecule has 0 radical (unpaired) electrons. The third kappa shape index (κ3) is 13.4. The summed E-state index contributed by atoms with van der Waals surface area (Å²) in [5.41, 5.74) is 0.0699. The molecule has 0 aliphatic carbocycles. The third-order valence-corrected chi connectivity index (χ3v) is 2.50. The van der Waals surface area contributed by atoms with Crippen LogP contribution >= 0.6 is 0 Å². The highest BCUT2D eigenvalue weighted by Crippen LogP contribution is 2.03. The van der Waals surface area contributed by atoms with Crippen LogP contribution in [0.5, 0.6) is 0 Å². The number of hydrogen-bond donors (Lipinski definition) is 1. The van der Waals surface area contributed by atoms with Crippen molar-refractivity contribution in [1.29, 1.82) is 0 Å². The first kappa shape index (κ1) is 16.4. The second-order valence-corrected chi connectivity index (χ2v) is 5.56. The molecule has 0 rings (SSSR count). The van der Waals surface area contributed by atoms with Gasteiger partial charge in [-0.05, 0) is 27.2 Å². The molecule has 0 aromatic rings. The molecular weight excluding hydrogens is 214 g/mol. The highest BCUT2D eigenvalue weighted by atomic mass is 16.5. The SMILES string of the molecule is CCCCCCCOC(=O)CCNC(C)(C)C. The van der Waals surface area contributed by atoms with Crippen LogP contribution < -0.4 is 5.32 Å². The first-order valence-electron chi connectivity index (χ1n) is 6.86. The zero-order valence-corrected chi connectivity index (χ0v) is 12.0. The van der Waals surface area contributed by atoms with Gasteiger partial charge in [-0.1, -0.05) is 32.6 Å². The average molecular weight is 243 g/mol. The van der Waals surface area contributed by atoms with Gasteiger partial charge in [-0.2, -0.15) is 0 Å². The maximum Gasteiger partial charge on any atom is 0.307 e. The van der Waals surface area contributed by atoms with E-state index in [0.717, 1.165) is 6.42 Å². The lowest BCUT2D eigenvalue weighted by Crippen LogP contribution is -2.37. The first-order valence-corrected chi connectivity index (χ1v) is 6.86. The number of ether oxygens (including phenoxy) is 1. The molecule has 0 aliphatic heterocycles. The van der Waals surface area contributed by atoms with Gasteiger partial charge in [0.15, 0.2) is 0 Å². The summed E-state index contributed by atoms with van der Waals surface area (Å²) in [5, 5.41) is 3.27. The molecule has 0 spiro atoms. The van der Waals surface area contributed by atoms with E-state index < -0.39 is 0 Å². The van der Waals surface area contributed by atoms with Crippen LogP contribution in [0.15, 0.2) is 0 Å². The average Bonchev–Trinajstić information content (AvgIpc) is 2.21. The Hall–Kier alpha value is -0.570. The minimum atomic E-state index is -0.0859. The largest absolute Gasteiger partial charge is 0.466 e. The predicted octanol–water partition coefficient (Wildman–Crippen LogP) is 3.28. The lowest BCUT2D eigenvalue weighted by atomic mass is 10.1. The molecule has 0 heterocycles. The van der Waals surface area contributed by atoms with Crippen LogP contribution in [0.25, 0.3) is 0 Å². The van der Waals surface area contributed by atoms with E-state index in [9.17, 15) is 4.79 Å². The minimum absolute atomic E-state index is 0.0699. The molecule has 0 aromatic carbocycles. The summed E-state index contributed by atoms with van der Waals surface area (Å²) in [5.74, 6) is -0.0859. The molecule has 3 nitrogen and oxygen atoms in total. The van der Waals surface area contributed by atoms with E-state index in [1.54, 1.807) is 0 Å². The zero-order valence-electron chi connectivity index (χ0n) is 12.0. The summed E-state index contributed by atoms with van der Waals surface area (Å²) >= 11 is 0. The molecule has 0 aliphatic rings. The van der Waals surface area contributed by atoms with E-state index in [2.05, 4.69) is 33.0 Å². The van der Waals surface area contributed by atoms with Crippen molar-refractivity contribution in [3.8, 4) is 0 Å². The highest BCUT2D eigenvalue weighted by Gasteiger charge is 2.09. The first-order chi connectivity index (χ1) is 7.95. The van der Waals surface area contributed by atoms with Gasteiger partial charge in [-0.25, -0.2) is 0 Å². The zero-order chi connectivity index (χ0) is 13.1. The molecule has 17 heavy (non-hydrogen) atoms. The van der Waals surface area contributed by atoms with E-state index in [-0.39, 0.29) is 11.5 Å². The Morgan fingerprint density at radius 2 is 1.76 bits per heavy atom. The number of nitrogens with one attached hydrogen (secondary N) is 1.